The van der Waals surface area contributed by atoms with Crippen LogP contribution < -0.4 is 0 Å². The van der Waals surface area contributed by atoms with Crippen LogP contribution in [0.3, 0.4) is 0 Å². The Kier molecular flexibility index (Phi) is 10.0. The summed E-state index contributed by atoms with van der Waals surface area (Å²) in [5, 5.41) is 0.704. The molecule has 0 unspecified atom stereocenters. The first kappa shape index (κ1) is 30.1. The van der Waals surface area contributed by atoms with Crippen LogP contribution in [-0.2, 0) is 0 Å². The zero-order valence-corrected chi connectivity index (χ0v) is 27.0. The molecule has 0 aliphatic heterocycles. The molecule has 0 spiro atoms. The molecule has 0 fully saturated rings. The number of rotatable bonds is 11. The highest BCUT2D eigenvalue weighted by Gasteiger charge is 2.22. The van der Waals surface area contributed by atoms with Crippen molar-refractivity contribution in [3.05, 3.63) is 169 Å². The molecule has 44 heavy (non-hydrogen) atoms. The van der Waals surface area contributed by atoms with Gasteiger partial charge in [-0.1, -0.05) is 181 Å². The average molecular weight is 607 g/mol. The van der Waals surface area contributed by atoms with E-state index in [0.29, 0.717) is 10.5 Å². The van der Waals surface area contributed by atoms with Gasteiger partial charge in [-0.3, -0.25) is 0 Å². The third-order valence-corrected chi connectivity index (χ3v) is 11.7. The molecular weight excluding hydrogens is 569 g/mol. The minimum Gasteiger partial charge on any atom is -0.0853 e. The summed E-state index contributed by atoms with van der Waals surface area (Å²) in [6.45, 7) is 4.66. The van der Waals surface area contributed by atoms with E-state index in [1.54, 1.807) is 0 Å². The van der Waals surface area contributed by atoms with Crippen LogP contribution in [-0.4, -0.2) is 0 Å². The summed E-state index contributed by atoms with van der Waals surface area (Å²) in [4.78, 5) is 0. The molecule has 0 aliphatic carbocycles. The molecule has 0 saturated heterocycles. The van der Waals surface area contributed by atoms with Gasteiger partial charge in [0.15, 0.2) is 0 Å². The number of hydrogen-bond acceptors (Lipinski definition) is 2. The zero-order chi connectivity index (χ0) is 30.1. The molecule has 0 aliphatic rings. The number of hydrogen-bond donors (Lipinski definition) is 0. The standard InChI is InChI=1S/C42H38S2/c1-3-41(39-29-35(31-17-9-5-10-18-31)25-27-37(39)33-21-13-7-14-22-33)43-44-42(4-2)40-30-36(32-19-11-6-12-20-32)26-28-38(40)34-23-15-8-16-24-34/h5-30,41-42H,3-4H2,1-2H3/t41-,42-/m1/s1. The van der Waals surface area contributed by atoms with Crippen LogP contribution in [0.2, 0.25) is 0 Å². The second kappa shape index (κ2) is 14.7. The summed E-state index contributed by atoms with van der Waals surface area (Å²) < 4.78 is 0. The molecule has 0 nitrogen and oxygen atoms in total. The second-order valence-electron chi connectivity index (χ2n) is 11.1. The van der Waals surface area contributed by atoms with Gasteiger partial charge in [-0.15, -0.1) is 0 Å². The normalized spacial score (nSPS) is 12.5. The molecule has 2 heteroatoms. The molecule has 0 saturated carbocycles. The Bertz CT molecular complexity index is 1630. The Labute approximate surface area is 271 Å². The van der Waals surface area contributed by atoms with Crippen molar-refractivity contribution in [3.63, 3.8) is 0 Å². The van der Waals surface area contributed by atoms with Crippen molar-refractivity contribution < 1.29 is 0 Å². The van der Waals surface area contributed by atoms with Crippen molar-refractivity contribution in [1.82, 2.24) is 0 Å². The van der Waals surface area contributed by atoms with Crippen LogP contribution in [0.1, 0.15) is 48.3 Å². The van der Waals surface area contributed by atoms with Crippen molar-refractivity contribution >= 4 is 21.6 Å². The van der Waals surface area contributed by atoms with Gasteiger partial charge in [-0.05, 0) is 80.6 Å². The van der Waals surface area contributed by atoms with Gasteiger partial charge in [0.1, 0.15) is 0 Å². The Morgan fingerprint density at radius 2 is 0.682 bits per heavy atom. The molecule has 0 amide bonds. The zero-order valence-electron chi connectivity index (χ0n) is 25.4. The molecule has 6 rings (SSSR count). The maximum Gasteiger partial charge on any atom is 0.0405 e. The van der Waals surface area contributed by atoms with Gasteiger partial charge in [0.2, 0.25) is 0 Å². The van der Waals surface area contributed by atoms with Crippen LogP contribution >= 0.6 is 21.6 Å². The van der Waals surface area contributed by atoms with Crippen molar-refractivity contribution in [1.29, 1.82) is 0 Å². The fourth-order valence-corrected chi connectivity index (χ4v) is 9.23. The van der Waals surface area contributed by atoms with Gasteiger partial charge in [-0.2, -0.15) is 0 Å². The Morgan fingerprint density at radius 3 is 1.00 bits per heavy atom. The monoisotopic (exact) mass is 606 g/mol. The molecule has 0 bridgehead atoms. The Balaban J connectivity index is 1.36. The molecule has 2 atom stereocenters. The van der Waals surface area contributed by atoms with E-state index in [1.807, 2.05) is 21.6 Å². The van der Waals surface area contributed by atoms with E-state index in [4.69, 9.17) is 0 Å². The third kappa shape index (κ3) is 6.88. The summed E-state index contributed by atoms with van der Waals surface area (Å²) in [6.07, 6.45) is 2.11. The van der Waals surface area contributed by atoms with Gasteiger partial charge in [0.25, 0.3) is 0 Å². The molecule has 0 N–H and O–H groups in total. The molecule has 6 aromatic rings. The fourth-order valence-electron chi connectivity index (χ4n) is 5.85. The highest BCUT2D eigenvalue weighted by Crippen LogP contribution is 2.52. The van der Waals surface area contributed by atoms with Crippen molar-refractivity contribution in [2.45, 2.75) is 37.2 Å². The third-order valence-electron chi connectivity index (χ3n) is 8.21. The van der Waals surface area contributed by atoms with Crippen LogP contribution in [0.5, 0.6) is 0 Å². The van der Waals surface area contributed by atoms with E-state index in [0.717, 1.165) is 12.8 Å². The van der Waals surface area contributed by atoms with Crippen LogP contribution in [0.15, 0.2) is 158 Å². The van der Waals surface area contributed by atoms with E-state index >= 15 is 0 Å². The summed E-state index contributed by atoms with van der Waals surface area (Å²) in [6, 6.07) is 57.3. The van der Waals surface area contributed by atoms with Gasteiger partial charge >= 0.3 is 0 Å². The van der Waals surface area contributed by atoms with Crippen LogP contribution in [0.4, 0.5) is 0 Å². The summed E-state index contributed by atoms with van der Waals surface area (Å²) in [5.74, 6) is 0. The average Bonchev–Trinajstić information content (AvgIpc) is 3.11. The van der Waals surface area contributed by atoms with E-state index in [-0.39, 0.29) is 0 Å². The summed E-state index contributed by atoms with van der Waals surface area (Å²) >= 11 is 0. The lowest BCUT2D eigenvalue weighted by Gasteiger charge is -2.24. The Morgan fingerprint density at radius 1 is 0.364 bits per heavy atom. The lowest BCUT2D eigenvalue weighted by Crippen LogP contribution is -1.99. The van der Waals surface area contributed by atoms with E-state index in [1.165, 1.54) is 55.6 Å². The molecule has 218 valence electrons. The predicted molar refractivity (Wildman–Crippen MR) is 196 cm³/mol. The molecule has 0 aromatic heterocycles. The van der Waals surface area contributed by atoms with E-state index in [2.05, 4.69) is 172 Å². The highest BCUT2D eigenvalue weighted by molar-refractivity contribution is 8.76. The topological polar surface area (TPSA) is 0 Å². The van der Waals surface area contributed by atoms with Crippen LogP contribution in [0, 0.1) is 0 Å². The number of benzene rings is 6. The van der Waals surface area contributed by atoms with Gasteiger partial charge in [0.05, 0.1) is 0 Å². The second-order valence-corrected chi connectivity index (χ2v) is 13.7. The minimum absolute atomic E-state index is 0.352. The van der Waals surface area contributed by atoms with Crippen molar-refractivity contribution in [2.24, 2.45) is 0 Å². The van der Waals surface area contributed by atoms with Gasteiger partial charge in [-0.25, -0.2) is 0 Å². The largest absolute Gasteiger partial charge is 0.0853 e. The SMILES string of the molecule is CC[C@@H](SS[C@H](CC)c1cc(-c2ccccc2)ccc1-c1ccccc1)c1cc(-c2ccccc2)ccc1-c1ccccc1. The lowest BCUT2D eigenvalue weighted by atomic mass is 9.92. The van der Waals surface area contributed by atoms with Crippen molar-refractivity contribution in [2.75, 3.05) is 0 Å². The van der Waals surface area contributed by atoms with Crippen molar-refractivity contribution in [3.8, 4) is 44.5 Å². The van der Waals surface area contributed by atoms with E-state index in [9.17, 15) is 0 Å². The summed E-state index contributed by atoms with van der Waals surface area (Å²) in [7, 11) is 4.07. The smallest absolute Gasteiger partial charge is 0.0405 e. The molecular formula is C42H38S2. The first-order chi connectivity index (χ1) is 21.7. The van der Waals surface area contributed by atoms with Gasteiger partial charge < -0.3 is 0 Å². The fraction of sp³-hybridized carbons (Fsp3) is 0.143. The maximum atomic E-state index is 2.44. The van der Waals surface area contributed by atoms with Gasteiger partial charge in [0, 0.05) is 10.5 Å². The highest BCUT2D eigenvalue weighted by atomic mass is 33.1. The van der Waals surface area contributed by atoms with E-state index < -0.39 is 0 Å². The summed E-state index contributed by atoms with van der Waals surface area (Å²) in [5.41, 5.74) is 13.1. The lowest BCUT2D eigenvalue weighted by molar-refractivity contribution is 0.895. The minimum atomic E-state index is 0.352. The Hall–Kier alpha value is -3.98. The molecule has 0 heterocycles. The quantitative estimate of drug-likeness (QED) is 0.135. The first-order valence-electron chi connectivity index (χ1n) is 15.6. The molecule has 6 aromatic carbocycles. The first-order valence-corrected chi connectivity index (χ1v) is 17.8. The molecule has 0 radical (unpaired) electrons. The predicted octanol–water partition coefficient (Wildman–Crippen LogP) is 13.3. The van der Waals surface area contributed by atoms with Crippen LogP contribution in [0.25, 0.3) is 44.5 Å². The maximum absolute atomic E-state index is 2.44.